The van der Waals surface area contributed by atoms with E-state index in [0.717, 1.165) is 22.6 Å². The Morgan fingerprint density at radius 3 is 2.27 bits per heavy atom. The van der Waals surface area contributed by atoms with Gasteiger partial charge in [0.25, 0.3) is 0 Å². The Kier molecular flexibility index (Phi) is 1.65. The van der Waals surface area contributed by atoms with Gasteiger partial charge in [0.1, 0.15) is 0 Å². The molecule has 0 saturated heterocycles. The molecule has 0 aromatic carbocycles. The maximum atomic E-state index is 3.78. The lowest BCUT2D eigenvalue weighted by molar-refractivity contribution is -0.0939. The van der Waals surface area contributed by atoms with Crippen molar-refractivity contribution in [3.05, 3.63) is 0 Å². The molecule has 11 heavy (non-hydrogen) atoms. The fourth-order valence-corrected chi connectivity index (χ4v) is 3.91. The predicted molar refractivity (Wildman–Crippen MR) is 51.9 cm³/mol. The van der Waals surface area contributed by atoms with Crippen molar-refractivity contribution in [1.29, 1.82) is 0 Å². The second kappa shape index (κ2) is 2.25. The smallest absolute Gasteiger partial charge is 0.0177 e. The molecule has 0 aliphatic heterocycles. The Balaban J connectivity index is 2.17. The number of hydrogen-bond donors (Lipinski definition) is 0. The van der Waals surface area contributed by atoms with Gasteiger partial charge in [0.15, 0.2) is 0 Å². The van der Waals surface area contributed by atoms with E-state index in [0.29, 0.717) is 5.41 Å². The van der Waals surface area contributed by atoms with Crippen LogP contribution in [0.3, 0.4) is 0 Å². The molecule has 0 heterocycles. The monoisotopic (exact) mass is 216 g/mol. The zero-order valence-corrected chi connectivity index (χ0v) is 9.19. The Labute approximate surface area is 77.9 Å². The summed E-state index contributed by atoms with van der Waals surface area (Å²) in [4.78, 5) is 0.805. The number of alkyl halides is 1. The molecule has 0 aromatic heterocycles. The van der Waals surface area contributed by atoms with Gasteiger partial charge in [-0.15, -0.1) is 0 Å². The average molecular weight is 217 g/mol. The highest BCUT2D eigenvalue weighted by atomic mass is 79.9. The number of hydrogen-bond acceptors (Lipinski definition) is 0. The molecule has 0 amide bonds. The summed E-state index contributed by atoms with van der Waals surface area (Å²) in [5.41, 5.74) is 0.656. The van der Waals surface area contributed by atoms with Crippen molar-refractivity contribution in [2.24, 2.45) is 23.2 Å². The van der Waals surface area contributed by atoms with Gasteiger partial charge in [0.05, 0.1) is 0 Å². The van der Waals surface area contributed by atoms with E-state index < -0.39 is 0 Å². The molecule has 64 valence electrons. The zero-order chi connectivity index (χ0) is 8.22. The van der Waals surface area contributed by atoms with Crippen LogP contribution in [0.1, 0.15) is 33.6 Å². The maximum Gasteiger partial charge on any atom is 0.0177 e. The van der Waals surface area contributed by atoms with Gasteiger partial charge in [-0.1, -0.05) is 36.7 Å². The van der Waals surface area contributed by atoms with Crippen molar-refractivity contribution >= 4 is 15.9 Å². The van der Waals surface area contributed by atoms with Crippen LogP contribution in [0, 0.1) is 23.2 Å². The molecule has 0 spiro atoms. The van der Waals surface area contributed by atoms with Crippen LogP contribution in [0.25, 0.3) is 0 Å². The first-order valence-electron chi connectivity index (χ1n) is 4.67. The molecular formula is C10H17Br. The molecular weight excluding hydrogens is 200 g/mol. The highest BCUT2D eigenvalue weighted by Gasteiger charge is 2.55. The largest absolute Gasteiger partial charge is 0.0888 e. The first kappa shape index (κ1) is 8.10. The average Bonchev–Trinajstić information content (AvgIpc) is 1.93. The first-order chi connectivity index (χ1) is 5.03. The highest BCUT2D eigenvalue weighted by Crippen LogP contribution is 2.62. The lowest BCUT2D eigenvalue weighted by Crippen LogP contribution is -2.55. The minimum atomic E-state index is 0.656. The van der Waals surface area contributed by atoms with Crippen LogP contribution < -0.4 is 0 Å². The van der Waals surface area contributed by atoms with Crippen molar-refractivity contribution in [3.8, 4) is 0 Å². The minimum absolute atomic E-state index is 0.656. The van der Waals surface area contributed by atoms with E-state index in [1.807, 2.05) is 0 Å². The van der Waals surface area contributed by atoms with Crippen LogP contribution in [0.4, 0.5) is 0 Å². The Bertz CT molecular complexity index is 174. The van der Waals surface area contributed by atoms with Crippen molar-refractivity contribution in [3.63, 3.8) is 0 Å². The maximum absolute atomic E-state index is 3.78. The second-order valence-corrected chi connectivity index (χ2v) is 6.15. The molecule has 4 unspecified atom stereocenters. The summed E-state index contributed by atoms with van der Waals surface area (Å²) in [6.45, 7) is 7.30. The van der Waals surface area contributed by atoms with Gasteiger partial charge in [-0.3, -0.25) is 0 Å². The fraction of sp³-hybridized carbons (Fsp3) is 1.00. The van der Waals surface area contributed by atoms with E-state index in [4.69, 9.17) is 0 Å². The van der Waals surface area contributed by atoms with Crippen LogP contribution in [0.5, 0.6) is 0 Å². The highest BCUT2D eigenvalue weighted by molar-refractivity contribution is 9.09. The van der Waals surface area contributed by atoms with Gasteiger partial charge >= 0.3 is 0 Å². The summed E-state index contributed by atoms with van der Waals surface area (Å²) in [7, 11) is 0. The van der Waals surface area contributed by atoms with Gasteiger partial charge < -0.3 is 0 Å². The summed E-state index contributed by atoms with van der Waals surface area (Å²) in [5.74, 6) is 2.90. The molecule has 0 N–H and O–H groups in total. The lowest BCUT2D eigenvalue weighted by Gasteiger charge is -2.61. The fourth-order valence-electron chi connectivity index (χ4n) is 3.09. The summed E-state index contributed by atoms with van der Waals surface area (Å²) in [6, 6.07) is 0. The molecule has 4 atom stereocenters. The van der Waals surface area contributed by atoms with Gasteiger partial charge in [0.2, 0.25) is 0 Å². The van der Waals surface area contributed by atoms with E-state index in [2.05, 4.69) is 36.7 Å². The van der Waals surface area contributed by atoms with Crippen molar-refractivity contribution < 1.29 is 0 Å². The first-order valence-corrected chi connectivity index (χ1v) is 5.59. The summed E-state index contributed by atoms with van der Waals surface area (Å²) >= 11 is 3.78. The topological polar surface area (TPSA) is 0 Å². The van der Waals surface area contributed by atoms with Gasteiger partial charge in [-0.05, 0) is 36.0 Å². The molecule has 3 aliphatic rings. The number of halogens is 1. The van der Waals surface area contributed by atoms with Gasteiger partial charge in [0, 0.05) is 4.83 Å². The lowest BCUT2D eigenvalue weighted by atomic mass is 9.46. The van der Waals surface area contributed by atoms with Crippen LogP contribution in [0.15, 0.2) is 0 Å². The van der Waals surface area contributed by atoms with Crippen LogP contribution in [0.2, 0.25) is 0 Å². The van der Waals surface area contributed by atoms with Crippen molar-refractivity contribution in [2.75, 3.05) is 0 Å². The molecule has 3 saturated carbocycles. The van der Waals surface area contributed by atoms with Crippen LogP contribution in [-0.2, 0) is 0 Å². The third-order valence-electron chi connectivity index (χ3n) is 4.26. The second-order valence-electron chi connectivity index (χ2n) is 4.97. The standard InChI is InChI=1S/C10H17Br/c1-6-8-4-7(5-9(6)11)10(8,2)3/h6-9H,4-5H2,1-3H3. The van der Waals surface area contributed by atoms with E-state index >= 15 is 0 Å². The molecule has 0 nitrogen and oxygen atoms in total. The Hall–Kier alpha value is 0.480. The predicted octanol–water partition coefficient (Wildman–Crippen LogP) is 3.45. The molecule has 2 bridgehead atoms. The summed E-state index contributed by atoms with van der Waals surface area (Å²) < 4.78 is 0. The number of rotatable bonds is 0. The Morgan fingerprint density at radius 1 is 1.27 bits per heavy atom. The van der Waals surface area contributed by atoms with E-state index in [1.165, 1.54) is 12.8 Å². The van der Waals surface area contributed by atoms with Gasteiger partial charge in [-0.2, -0.15) is 0 Å². The summed E-state index contributed by atoms with van der Waals surface area (Å²) in [6.07, 6.45) is 2.90. The quantitative estimate of drug-likeness (QED) is 0.545. The van der Waals surface area contributed by atoms with Crippen LogP contribution in [-0.4, -0.2) is 4.83 Å². The zero-order valence-electron chi connectivity index (χ0n) is 7.60. The molecule has 0 radical (unpaired) electrons. The SMILES string of the molecule is CC1C(Br)CC2CC1C2(C)C. The van der Waals surface area contributed by atoms with Gasteiger partial charge in [-0.25, -0.2) is 0 Å². The Morgan fingerprint density at radius 2 is 1.91 bits per heavy atom. The van der Waals surface area contributed by atoms with Crippen molar-refractivity contribution in [2.45, 2.75) is 38.4 Å². The van der Waals surface area contributed by atoms with E-state index in [9.17, 15) is 0 Å². The number of fused-ring (bicyclic) bond motifs is 2. The van der Waals surface area contributed by atoms with Crippen LogP contribution >= 0.6 is 15.9 Å². The summed E-state index contributed by atoms with van der Waals surface area (Å²) in [5, 5.41) is 0. The van der Waals surface area contributed by atoms with E-state index in [1.54, 1.807) is 0 Å². The van der Waals surface area contributed by atoms with Crippen molar-refractivity contribution in [1.82, 2.24) is 0 Å². The normalized spacial score (nSPS) is 53.5. The third-order valence-corrected chi connectivity index (χ3v) is 5.47. The molecule has 3 aliphatic carbocycles. The molecule has 1 heteroatoms. The molecule has 0 aromatic rings. The third kappa shape index (κ3) is 0.929. The molecule has 3 fully saturated rings. The van der Waals surface area contributed by atoms with E-state index in [-0.39, 0.29) is 0 Å². The molecule has 3 rings (SSSR count). The minimum Gasteiger partial charge on any atom is -0.0888 e.